The number of rotatable bonds is 14. The quantitative estimate of drug-likeness (QED) is 0.117. The highest BCUT2D eigenvalue weighted by molar-refractivity contribution is 6.12. The van der Waals surface area contributed by atoms with Gasteiger partial charge in [-0.25, -0.2) is 0 Å². The lowest BCUT2D eigenvalue weighted by atomic mass is 10.1. The van der Waals surface area contributed by atoms with Crippen molar-refractivity contribution in [1.82, 2.24) is 19.7 Å². The molecule has 0 bridgehead atoms. The molecular formula is C44H42N6O7. The summed E-state index contributed by atoms with van der Waals surface area (Å²) in [6.07, 6.45) is 6.18. The van der Waals surface area contributed by atoms with Crippen LogP contribution >= 0.6 is 0 Å². The van der Waals surface area contributed by atoms with E-state index in [1.807, 2.05) is 61.4 Å². The summed E-state index contributed by atoms with van der Waals surface area (Å²) in [4.78, 5) is 46.8. The smallest absolute Gasteiger partial charge is 0.291 e. The Bertz CT molecular complexity index is 2650. The van der Waals surface area contributed by atoms with Crippen LogP contribution < -0.4 is 30.3 Å². The van der Waals surface area contributed by atoms with Gasteiger partial charge < -0.3 is 29.3 Å². The van der Waals surface area contributed by atoms with Crippen LogP contribution in [0.2, 0.25) is 0 Å². The van der Waals surface area contributed by atoms with E-state index in [9.17, 15) is 14.4 Å². The molecule has 0 spiro atoms. The minimum atomic E-state index is -0.713. The summed E-state index contributed by atoms with van der Waals surface area (Å²) in [7, 11) is 6.47. The summed E-state index contributed by atoms with van der Waals surface area (Å²) in [5.41, 5.74) is 5.96. The van der Waals surface area contributed by atoms with Crippen molar-refractivity contribution in [2.45, 2.75) is 26.4 Å². The summed E-state index contributed by atoms with van der Waals surface area (Å²) >= 11 is 0. The number of hydrogen-bond acceptors (Lipinski definition) is 10. The molecule has 3 aromatic heterocycles. The monoisotopic (exact) mass is 766 g/mol. The summed E-state index contributed by atoms with van der Waals surface area (Å²) < 4.78 is 24.0. The summed E-state index contributed by atoms with van der Waals surface area (Å²) in [5.74, 6) is -0.136. The number of hydrogen-bond donors (Lipinski definition) is 2. The van der Waals surface area contributed by atoms with Crippen LogP contribution in [0.3, 0.4) is 0 Å². The first kappa shape index (κ1) is 38.3. The fourth-order valence-electron chi connectivity index (χ4n) is 6.68. The first-order valence-electron chi connectivity index (χ1n) is 18.2. The Morgan fingerprint density at radius 1 is 0.772 bits per heavy atom. The predicted octanol–water partition coefficient (Wildman–Crippen LogP) is 7.16. The fourth-order valence-corrected chi connectivity index (χ4v) is 6.68. The van der Waals surface area contributed by atoms with Gasteiger partial charge in [-0.15, -0.1) is 0 Å². The Hall–Kier alpha value is -6.99. The normalized spacial score (nSPS) is 11.2. The number of fused-ring (bicyclic) bond motifs is 2. The number of benzene rings is 4. The minimum absolute atomic E-state index is 0.107. The van der Waals surface area contributed by atoms with Crippen molar-refractivity contribution in [2.75, 3.05) is 38.5 Å². The maximum atomic E-state index is 13.8. The van der Waals surface area contributed by atoms with Crippen LogP contribution in [0.25, 0.3) is 21.9 Å². The van der Waals surface area contributed by atoms with E-state index in [0.717, 1.165) is 46.6 Å². The van der Waals surface area contributed by atoms with Gasteiger partial charge in [0.15, 0.2) is 22.7 Å². The topological polar surface area (TPSA) is 150 Å². The van der Waals surface area contributed by atoms with Gasteiger partial charge in [0.1, 0.15) is 11.3 Å². The maximum absolute atomic E-state index is 13.8. The lowest BCUT2D eigenvalue weighted by Crippen LogP contribution is -2.25. The molecule has 3 heterocycles. The Labute approximate surface area is 328 Å². The van der Waals surface area contributed by atoms with Crippen molar-refractivity contribution in [3.63, 3.8) is 0 Å². The number of anilines is 2. The number of ether oxygens (including phenoxy) is 3. The van der Waals surface area contributed by atoms with E-state index in [-0.39, 0.29) is 28.0 Å². The van der Waals surface area contributed by atoms with Crippen LogP contribution in [0.4, 0.5) is 11.4 Å². The molecule has 7 aromatic rings. The Morgan fingerprint density at radius 2 is 1.53 bits per heavy atom. The molecule has 0 fully saturated rings. The lowest BCUT2D eigenvalue weighted by molar-refractivity contribution is 0.0997. The third-order valence-corrected chi connectivity index (χ3v) is 9.68. The highest BCUT2D eigenvalue weighted by Gasteiger charge is 2.21. The van der Waals surface area contributed by atoms with Crippen LogP contribution in [0.1, 0.15) is 43.2 Å². The summed E-state index contributed by atoms with van der Waals surface area (Å²) in [6, 6.07) is 25.3. The van der Waals surface area contributed by atoms with Gasteiger partial charge in [-0.05, 0) is 78.6 Å². The molecule has 0 radical (unpaired) electrons. The number of methoxy groups -OCH3 is 3. The van der Waals surface area contributed by atoms with Gasteiger partial charge in [0.2, 0.25) is 0 Å². The molecule has 0 aliphatic carbocycles. The molecule has 0 saturated heterocycles. The van der Waals surface area contributed by atoms with Gasteiger partial charge in [-0.3, -0.25) is 28.9 Å². The molecule has 57 heavy (non-hydrogen) atoms. The number of pyridine rings is 1. The van der Waals surface area contributed by atoms with Crippen molar-refractivity contribution >= 4 is 45.1 Å². The number of nitrogens with one attached hydrogen (secondary N) is 2. The zero-order valence-corrected chi connectivity index (χ0v) is 32.3. The molecule has 2 N–H and O–H groups in total. The van der Waals surface area contributed by atoms with Crippen molar-refractivity contribution in [1.29, 1.82) is 0 Å². The molecule has 0 aliphatic heterocycles. The van der Waals surface area contributed by atoms with E-state index < -0.39 is 11.8 Å². The number of nitrogens with zero attached hydrogens (tertiary/aromatic N) is 4. The second kappa shape index (κ2) is 16.8. The van der Waals surface area contributed by atoms with Crippen LogP contribution in [0.5, 0.6) is 17.2 Å². The van der Waals surface area contributed by atoms with Crippen molar-refractivity contribution < 1.29 is 28.2 Å². The van der Waals surface area contributed by atoms with E-state index >= 15 is 0 Å². The standard InChI is InChI=1S/C44H42N6O7/c1-27-6-13-39-35(16-27)38(51)21-42(57-39)44(53)48-36-20-41(56-5)40(55-4)19-34(36)43(52)47-32-10-7-28(8-11-32)14-15-50(26-30-18-33(54-3)24-45-22-30)25-29-9-12-37-31(17-29)23-46-49(37)2/h6-13,16-24H,14-15,25-26H2,1-5H3,(H,47,52)(H,48,53). The SMILES string of the molecule is COc1cncc(CN(CCc2ccc(NC(=O)c3cc(OC)c(OC)cc3NC(=O)c3cc(=O)c4cc(C)ccc4o3)cc2)Cc2ccc3c(cnn3C)c2)c1. The first-order valence-corrected chi connectivity index (χ1v) is 18.2. The predicted molar refractivity (Wildman–Crippen MR) is 218 cm³/mol. The molecule has 0 aliphatic rings. The number of carbonyl (C=O) groups excluding carboxylic acids is 2. The molecular weight excluding hydrogens is 725 g/mol. The number of carbonyl (C=O) groups is 2. The van der Waals surface area contributed by atoms with Crippen LogP contribution in [-0.4, -0.2) is 59.4 Å². The highest BCUT2D eigenvalue weighted by Crippen LogP contribution is 2.34. The van der Waals surface area contributed by atoms with E-state index in [1.165, 1.54) is 31.9 Å². The van der Waals surface area contributed by atoms with Gasteiger partial charge in [0.05, 0.1) is 55.9 Å². The molecule has 0 saturated carbocycles. The van der Waals surface area contributed by atoms with E-state index in [2.05, 4.69) is 43.8 Å². The Balaban J connectivity index is 1.06. The number of amides is 2. The zero-order valence-electron chi connectivity index (χ0n) is 32.3. The average molecular weight is 767 g/mol. The number of aryl methyl sites for hydroxylation is 2. The van der Waals surface area contributed by atoms with Gasteiger partial charge >= 0.3 is 0 Å². The molecule has 13 heteroatoms. The molecule has 7 rings (SSSR count). The van der Waals surface area contributed by atoms with Crippen molar-refractivity contribution in [3.8, 4) is 17.2 Å². The van der Waals surface area contributed by atoms with Gasteiger partial charge in [0, 0.05) is 56.1 Å². The lowest BCUT2D eigenvalue weighted by Gasteiger charge is -2.23. The van der Waals surface area contributed by atoms with Gasteiger partial charge in [0.25, 0.3) is 11.8 Å². The molecule has 0 atom stereocenters. The molecule has 0 unspecified atom stereocenters. The fraction of sp³-hybridized carbons (Fsp3) is 0.205. The van der Waals surface area contributed by atoms with Crippen molar-refractivity contribution in [3.05, 3.63) is 147 Å². The molecule has 13 nitrogen and oxygen atoms in total. The first-order chi connectivity index (χ1) is 27.6. The highest BCUT2D eigenvalue weighted by atomic mass is 16.5. The van der Waals surface area contributed by atoms with Crippen LogP contribution in [0, 0.1) is 6.92 Å². The van der Waals surface area contributed by atoms with E-state index in [4.69, 9.17) is 18.6 Å². The second-order valence-corrected chi connectivity index (χ2v) is 13.7. The average Bonchev–Trinajstić information content (AvgIpc) is 3.59. The maximum Gasteiger partial charge on any atom is 0.291 e. The molecule has 290 valence electrons. The van der Waals surface area contributed by atoms with E-state index in [0.29, 0.717) is 41.4 Å². The largest absolute Gasteiger partial charge is 0.495 e. The molecule has 4 aromatic carbocycles. The third kappa shape index (κ3) is 8.79. The van der Waals surface area contributed by atoms with Gasteiger partial charge in [-0.1, -0.05) is 29.8 Å². The Morgan fingerprint density at radius 3 is 2.30 bits per heavy atom. The zero-order chi connectivity index (χ0) is 40.1. The number of aromatic nitrogens is 3. The molecule has 2 amide bonds. The van der Waals surface area contributed by atoms with Crippen molar-refractivity contribution in [2.24, 2.45) is 7.05 Å². The van der Waals surface area contributed by atoms with Gasteiger partial charge in [-0.2, -0.15) is 5.10 Å². The third-order valence-electron chi connectivity index (χ3n) is 9.68. The van der Waals surface area contributed by atoms with Crippen LogP contribution in [0.15, 0.2) is 113 Å². The van der Waals surface area contributed by atoms with E-state index in [1.54, 1.807) is 31.5 Å². The van der Waals surface area contributed by atoms with Crippen LogP contribution in [-0.2, 0) is 26.6 Å². The summed E-state index contributed by atoms with van der Waals surface area (Å²) in [6.45, 7) is 4.00. The summed E-state index contributed by atoms with van der Waals surface area (Å²) in [5, 5.41) is 11.5. The Kier molecular flexibility index (Phi) is 11.3. The minimum Gasteiger partial charge on any atom is -0.495 e. The second-order valence-electron chi connectivity index (χ2n) is 13.7.